The van der Waals surface area contributed by atoms with E-state index >= 15 is 0 Å². The minimum absolute atomic E-state index is 0.0577. The molecule has 4 heteroatoms. The minimum atomic E-state index is -0.151. The van der Waals surface area contributed by atoms with Crippen molar-refractivity contribution in [1.82, 2.24) is 9.80 Å². The lowest BCUT2D eigenvalue weighted by Gasteiger charge is -2.41. The van der Waals surface area contributed by atoms with Crippen LogP contribution in [0.5, 0.6) is 0 Å². The van der Waals surface area contributed by atoms with Crippen LogP contribution in [0.4, 0.5) is 4.39 Å². The average molecular weight is 346 g/mol. The van der Waals surface area contributed by atoms with Gasteiger partial charge in [0.05, 0.1) is 0 Å². The Balaban J connectivity index is 1.82. The summed E-state index contributed by atoms with van der Waals surface area (Å²) >= 11 is 0. The topological polar surface area (TPSA) is 23.6 Å². The molecule has 0 saturated carbocycles. The van der Waals surface area contributed by atoms with Gasteiger partial charge in [0.15, 0.2) is 0 Å². The zero-order valence-electron chi connectivity index (χ0n) is 16.0. The van der Waals surface area contributed by atoms with E-state index in [9.17, 15) is 9.18 Å². The van der Waals surface area contributed by atoms with Crippen molar-refractivity contribution >= 4 is 5.91 Å². The number of hydrogen-bond donors (Lipinski definition) is 0. The average Bonchev–Trinajstić information content (AvgIpc) is 2.82. The van der Waals surface area contributed by atoms with Crippen molar-refractivity contribution in [2.45, 2.75) is 50.9 Å². The lowest BCUT2D eigenvalue weighted by atomic mass is 9.73. The molecule has 1 heterocycles. The van der Waals surface area contributed by atoms with E-state index in [0.717, 1.165) is 38.9 Å². The second kappa shape index (κ2) is 7.06. The first-order valence-corrected chi connectivity index (χ1v) is 9.53. The van der Waals surface area contributed by atoms with Gasteiger partial charge in [-0.3, -0.25) is 4.79 Å². The third kappa shape index (κ3) is 3.74. The molecule has 1 atom stereocenters. The molecule has 0 bridgehead atoms. The summed E-state index contributed by atoms with van der Waals surface area (Å²) in [6.45, 7) is 7.79. The number of benzene rings is 1. The molecule has 1 aromatic rings. The summed E-state index contributed by atoms with van der Waals surface area (Å²) in [5.74, 6) is 0.909. The highest BCUT2D eigenvalue weighted by Crippen LogP contribution is 2.53. The predicted octanol–water partition coefficient (Wildman–Crippen LogP) is 3.78. The fourth-order valence-electron chi connectivity index (χ4n) is 4.76. The van der Waals surface area contributed by atoms with E-state index in [2.05, 4.69) is 18.7 Å². The Morgan fingerprint density at radius 3 is 2.60 bits per heavy atom. The standard InChI is InChI=1S/C21H31FN2O/c1-15(2)14-24-9-7-21(8-10-24)13-16(11-20(25)23(3)4)18-6-5-17(22)12-19(18)21/h5-6,12,15-16H,7-11,13-14H2,1-4H3/t16-/m0/s1. The second-order valence-corrected chi connectivity index (χ2v) is 8.60. The summed E-state index contributed by atoms with van der Waals surface area (Å²) in [6.07, 6.45) is 3.66. The van der Waals surface area contributed by atoms with Gasteiger partial charge in [-0.1, -0.05) is 19.9 Å². The highest BCUT2D eigenvalue weighted by Gasteiger charge is 2.46. The molecule has 1 spiro atoms. The first-order chi connectivity index (χ1) is 11.8. The zero-order chi connectivity index (χ0) is 18.2. The van der Waals surface area contributed by atoms with Crippen molar-refractivity contribution in [2.24, 2.45) is 5.92 Å². The molecule has 3 rings (SSSR count). The lowest BCUT2D eigenvalue weighted by molar-refractivity contribution is -0.129. The smallest absolute Gasteiger partial charge is 0.222 e. The van der Waals surface area contributed by atoms with Gasteiger partial charge in [-0.2, -0.15) is 0 Å². The van der Waals surface area contributed by atoms with Crippen LogP contribution in [0.3, 0.4) is 0 Å². The van der Waals surface area contributed by atoms with Crippen molar-refractivity contribution in [1.29, 1.82) is 0 Å². The second-order valence-electron chi connectivity index (χ2n) is 8.60. The van der Waals surface area contributed by atoms with Gasteiger partial charge < -0.3 is 9.80 Å². The van der Waals surface area contributed by atoms with Crippen LogP contribution in [0.15, 0.2) is 18.2 Å². The van der Waals surface area contributed by atoms with Gasteiger partial charge in [0.2, 0.25) is 5.91 Å². The molecule has 0 radical (unpaired) electrons. The highest BCUT2D eigenvalue weighted by atomic mass is 19.1. The van der Waals surface area contributed by atoms with Gasteiger partial charge in [0.1, 0.15) is 5.82 Å². The molecule has 1 aliphatic heterocycles. The molecule has 0 unspecified atom stereocenters. The minimum Gasteiger partial charge on any atom is -0.349 e. The summed E-state index contributed by atoms with van der Waals surface area (Å²) in [5, 5.41) is 0. The van der Waals surface area contributed by atoms with Gasteiger partial charge in [-0.25, -0.2) is 4.39 Å². The van der Waals surface area contributed by atoms with Crippen molar-refractivity contribution in [3.8, 4) is 0 Å². The number of nitrogens with zero attached hydrogens (tertiary/aromatic N) is 2. The highest BCUT2D eigenvalue weighted by molar-refractivity contribution is 5.77. The maximum absolute atomic E-state index is 14.0. The van der Waals surface area contributed by atoms with Crippen molar-refractivity contribution in [3.05, 3.63) is 35.1 Å². The molecule has 1 aromatic carbocycles. The summed E-state index contributed by atoms with van der Waals surface area (Å²) < 4.78 is 14.0. The van der Waals surface area contributed by atoms with Crippen LogP contribution in [0, 0.1) is 11.7 Å². The van der Waals surface area contributed by atoms with Crippen LogP contribution in [0.25, 0.3) is 0 Å². The number of halogens is 1. The normalized spacial score (nSPS) is 22.4. The molecule has 2 aliphatic rings. The molecular weight excluding hydrogens is 315 g/mol. The molecule has 25 heavy (non-hydrogen) atoms. The van der Waals surface area contributed by atoms with E-state index in [-0.39, 0.29) is 23.1 Å². The maximum Gasteiger partial charge on any atom is 0.222 e. The number of rotatable bonds is 4. The quantitative estimate of drug-likeness (QED) is 0.828. The molecule has 3 nitrogen and oxygen atoms in total. The van der Waals surface area contributed by atoms with Gasteiger partial charge in [0, 0.05) is 27.1 Å². The van der Waals surface area contributed by atoms with Crippen molar-refractivity contribution in [3.63, 3.8) is 0 Å². The lowest BCUT2D eigenvalue weighted by Crippen LogP contribution is -2.43. The van der Waals surface area contributed by atoms with E-state index in [4.69, 9.17) is 0 Å². The van der Waals surface area contributed by atoms with Crippen LogP contribution in [-0.4, -0.2) is 49.4 Å². The maximum atomic E-state index is 14.0. The van der Waals surface area contributed by atoms with Gasteiger partial charge >= 0.3 is 0 Å². The van der Waals surface area contributed by atoms with Crippen molar-refractivity contribution < 1.29 is 9.18 Å². The Morgan fingerprint density at radius 1 is 1.32 bits per heavy atom. The van der Waals surface area contributed by atoms with Crippen LogP contribution < -0.4 is 0 Å². The molecule has 1 amide bonds. The summed E-state index contributed by atoms with van der Waals surface area (Å²) in [7, 11) is 3.62. The summed E-state index contributed by atoms with van der Waals surface area (Å²) in [4.78, 5) is 16.5. The van der Waals surface area contributed by atoms with E-state index in [1.165, 1.54) is 11.1 Å². The number of amides is 1. The third-order valence-corrected chi connectivity index (χ3v) is 6.02. The number of carbonyl (C=O) groups is 1. The van der Waals surface area contributed by atoms with Gasteiger partial charge in [-0.05, 0) is 72.9 Å². The fourth-order valence-corrected chi connectivity index (χ4v) is 4.76. The van der Waals surface area contributed by atoms with Crippen LogP contribution in [-0.2, 0) is 10.2 Å². The summed E-state index contributed by atoms with van der Waals surface area (Å²) in [5.41, 5.74) is 2.43. The zero-order valence-corrected chi connectivity index (χ0v) is 16.0. The molecule has 1 fully saturated rings. The van der Waals surface area contributed by atoms with E-state index in [1.54, 1.807) is 17.0 Å². The molecule has 1 aliphatic carbocycles. The van der Waals surface area contributed by atoms with E-state index in [0.29, 0.717) is 12.3 Å². The Kier molecular flexibility index (Phi) is 5.19. The number of piperidine rings is 1. The SMILES string of the molecule is CC(C)CN1CCC2(CC1)C[C@H](CC(=O)N(C)C)c1ccc(F)cc12. The first-order valence-electron chi connectivity index (χ1n) is 9.53. The Labute approximate surface area is 151 Å². The van der Waals surface area contributed by atoms with E-state index < -0.39 is 0 Å². The third-order valence-electron chi connectivity index (χ3n) is 6.02. The Hall–Kier alpha value is -1.42. The van der Waals surface area contributed by atoms with Crippen LogP contribution in [0.1, 0.15) is 56.6 Å². The molecule has 138 valence electrons. The molecular formula is C21H31FN2O. The first kappa shape index (κ1) is 18.4. The molecule has 1 saturated heterocycles. The Bertz CT molecular complexity index is 633. The van der Waals surface area contributed by atoms with E-state index in [1.807, 2.05) is 20.2 Å². The number of fused-ring (bicyclic) bond motifs is 2. The van der Waals surface area contributed by atoms with Crippen LogP contribution >= 0.6 is 0 Å². The van der Waals surface area contributed by atoms with Crippen molar-refractivity contribution in [2.75, 3.05) is 33.7 Å². The molecule has 0 N–H and O–H groups in total. The monoisotopic (exact) mass is 346 g/mol. The predicted molar refractivity (Wildman–Crippen MR) is 99.3 cm³/mol. The van der Waals surface area contributed by atoms with Crippen LogP contribution in [0.2, 0.25) is 0 Å². The summed E-state index contributed by atoms with van der Waals surface area (Å²) in [6, 6.07) is 5.22. The number of likely N-dealkylation sites (tertiary alicyclic amines) is 1. The number of hydrogen-bond acceptors (Lipinski definition) is 2. The number of carbonyl (C=O) groups excluding carboxylic acids is 1. The van der Waals surface area contributed by atoms with Gasteiger partial charge in [-0.15, -0.1) is 0 Å². The Morgan fingerprint density at radius 2 is 2.00 bits per heavy atom. The van der Waals surface area contributed by atoms with Gasteiger partial charge in [0.25, 0.3) is 0 Å². The fraction of sp³-hybridized carbons (Fsp3) is 0.667. The molecule has 0 aromatic heterocycles. The largest absolute Gasteiger partial charge is 0.349 e.